The van der Waals surface area contributed by atoms with Crippen LogP contribution in [0.5, 0.6) is 0 Å². The summed E-state index contributed by atoms with van der Waals surface area (Å²) < 4.78 is 0. The number of thiophene rings is 1. The van der Waals surface area contributed by atoms with Gasteiger partial charge in [0.15, 0.2) is 0 Å². The molecular weight excluding hydrogens is 328 g/mol. The average molecular weight is 357 g/mol. The van der Waals surface area contributed by atoms with Crippen molar-refractivity contribution in [1.29, 1.82) is 0 Å². The van der Waals surface area contributed by atoms with E-state index in [2.05, 4.69) is 35.5 Å². The minimum Gasteiger partial charge on any atom is -0.335 e. The van der Waals surface area contributed by atoms with Crippen LogP contribution in [0.2, 0.25) is 0 Å². The van der Waals surface area contributed by atoms with E-state index in [1.807, 2.05) is 11.3 Å². The number of nitrogens with zero attached hydrogens (tertiary/aromatic N) is 1. The molecule has 0 spiro atoms. The molecule has 3 rings (SSSR count). The van der Waals surface area contributed by atoms with Gasteiger partial charge < -0.3 is 10.2 Å². The molecule has 0 aliphatic carbocycles. The van der Waals surface area contributed by atoms with Crippen LogP contribution >= 0.6 is 23.7 Å². The Kier molecular flexibility index (Phi) is 6.93. The van der Waals surface area contributed by atoms with Crippen molar-refractivity contribution in [2.75, 3.05) is 19.6 Å². The van der Waals surface area contributed by atoms with Crippen molar-refractivity contribution in [3.8, 4) is 0 Å². The molecule has 3 unspecified atom stereocenters. The summed E-state index contributed by atoms with van der Waals surface area (Å²) in [4.78, 5) is 16.5. The molecule has 5 heteroatoms. The lowest BCUT2D eigenvalue weighted by Crippen LogP contribution is -2.41. The topological polar surface area (TPSA) is 32.3 Å². The number of fused-ring (bicyclic) bond motifs is 1. The Morgan fingerprint density at radius 2 is 2.35 bits per heavy atom. The molecule has 1 saturated heterocycles. The van der Waals surface area contributed by atoms with Gasteiger partial charge >= 0.3 is 0 Å². The molecule has 2 aliphatic heterocycles. The third-order valence-electron chi connectivity index (χ3n) is 5.44. The van der Waals surface area contributed by atoms with E-state index in [0.29, 0.717) is 30.2 Å². The van der Waals surface area contributed by atoms with E-state index in [0.717, 1.165) is 32.5 Å². The van der Waals surface area contributed by atoms with Gasteiger partial charge in [0.2, 0.25) is 5.91 Å². The molecule has 3 heterocycles. The van der Waals surface area contributed by atoms with Crippen LogP contribution in [0.25, 0.3) is 0 Å². The highest BCUT2D eigenvalue weighted by Gasteiger charge is 2.32. The highest BCUT2D eigenvalue weighted by Crippen LogP contribution is 2.36. The van der Waals surface area contributed by atoms with E-state index in [1.54, 1.807) is 0 Å². The first kappa shape index (κ1) is 18.8. The number of nitrogens with one attached hydrogen (secondary N) is 1. The zero-order valence-corrected chi connectivity index (χ0v) is 15.8. The van der Waals surface area contributed by atoms with Gasteiger partial charge in [0.25, 0.3) is 0 Å². The standard InChI is InChI=1S/C18H28N2OS.ClH/c1-3-16-15-7-10-22-17(15)6-9-20(16)18(21)11-13(2)14-5-4-8-19-12-14;/h7,10,13-14,16,19H,3-6,8-9,11-12H2,1-2H3;1H. The summed E-state index contributed by atoms with van der Waals surface area (Å²) in [6.07, 6.45) is 5.29. The maximum atomic E-state index is 12.9. The molecule has 23 heavy (non-hydrogen) atoms. The number of hydrogen-bond donors (Lipinski definition) is 1. The second kappa shape index (κ2) is 8.50. The third kappa shape index (κ3) is 4.09. The van der Waals surface area contributed by atoms with Crippen molar-refractivity contribution in [2.24, 2.45) is 11.8 Å². The maximum absolute atomic E-state index is 12.9. The zero-order valence-electron chi connectivity index (χ0n) is 14.2. The van der Waals surface area contributed by atoms with Gasteiger partial charge in [0.05, 0.1) is 6.04 Å². The molecule has 0 saturated carbocycles. The molecule has 0 aromatic carbocycles. The predicted molar refractivity (Wildman–Crippen MR) is 99.4 cm³/mol. The number of piperidine rings is 1. The minimum absolute atomic E-state index is 0. The van der Waals surface area contributed by atoms with Crippen molar-refractivity contribution in [3.05, 3.63) is 21.9 Å². The summed E-state index contributed by atoms with van der Waals surface area (Å²) in [5.74, 6) is 1.52. The molecule has 1 fully saturated rings. The van der Waals surface area contributed by atoms with Crippen LogP contribution in [0.15, 0.2) is 11.4 Å². The Hall–Kier alpha value is -0.580. The second-order valence-corrected chi connectivity index (χ2v) is 7.85. The average Bonchev–Trinajstić information content (AvgIpc) is 3.03. The highest BCUT2D eigenvalue weighted by atomic mass is 35.5. The quantitative estimate of drug-likeness (QED) is 0.883. The summed E-state index contributed by atoms with van der Waals surface area (Å²) >= 11 is 1.85. The van der Waals surface area contributed by atoms with E-state index in [9.17, 15) is 4.79 Å². The molecule has 130 valence electrons. The van der Waals surface area contributed by atoms with Crippen LogP contribution in [0, 0.1) is 11.8 Å². The number of amides is 1. The first-order valence-corrected chi connectivity index (χ1v) is 9.65. The van der Waals surface area contributed by atoms with Gasteiger partial charge in [0.1, 0.15) is 0 Å². The van der Waals surface area contributed by atoms with Gasteiger partial charge in [-0.3, -0.25) is 4.79 Å². The Morgan fingerprint density at radius 1 is 1.52 bits per heavy atom. The number of hydrogen-bond acceptors (Lipinski definition) is 3. The van der Waals surface area contributed by atoms with Crippen LogP contribution in [0.3, 0.4) is 0 Å². The van der Waals surface area contributed by atoms with Crippen LogP contribution in [-0.2, 0) is 11.2 Å². The number of carbonyl (C=O) groups excluding carboxylic acids is 1. The van der Waals surface area contributed by atoms with E-state index in [-0.39, 0.29) is 12.4 Å². The van der Waals surface area contributed by atoms with Crippen molar-refractivity contribution in [2.45, 2.75) is 52.0 Å². The summed E-state index contributed by atoms with van der Waals surface area (Å²) in [5, 5.41) is 5.65. The number of carbonyl (C=O) groups is 1. The normalized spacial score (nSPS) is 25.4. The lowest BCUT2D eigenvalue weighted by atomic mass is 9.84. The molecule has 1 aromatic heterocycles. The third-order valence-corrected chi connectivity index (χ3v) is 6.43. The summed E-state index contributed by atoms with van der Waals surface area (Å²) in [7, 11) is 0. The van der Waals surface area contributed by atoms with Crippen LogP contribution < -0.4 is 5.32 Å². The maximum Gasteiger partial charge on any atom is 0.223 e. The van der Waals surface area contributed by atoms with Crippen molar-refractivity contribution < 1.29 is 4.79 Å². The first-order valence-electron chi connectivity index (χ1n) is 8.77. The number of rotatable bonds is 4. The summed E-state index contributed by atoms with van der Waals surface area (Å²) in [5.41, 5.74) is 1.40. The van der Waals surface area contributed by atoms with Crippen molar-refractivity contribution in [1.82, 2.24) is 10.2 Å². The lowest BCUT2D eigenvalue weighted by Gasteiger charge is -2.37. The second-order valence-electron chi connectivity index (χ2n) is 6.85. The van der Waals surface area contributed by atoms with Gasteiger partial charge in [-0.2, -0.15) is 0 Å². The van der Waals surface area contributed by atoms with Crippen LogP contribution in [-0.4, -0.2) is 30.4 Å². The molecule has 1 aromatic rings. The monoisotopic (exact) mass is 356 g/mol. The van der Waals surface area contributed by atoms with E-state index in [1.165, 1.54) is 23.3 Å². The molecule has 3 nitrogen and oxygen atoms in total. The van der Waals surface area contributed by atoms with Crippen LogP contribution in [0.4, 0.5) is 0 Å². The van der Waals surface area contributed by atoms with Gasteiger partial charge in [-0.05, 0) is 67.6 Å². The van der Waals surface area contributed by atoms with Crippen molar-refractivity contribution >= 4 is 29.7 Å². The molecule has 3 atom stereocenters. The fourth-order valence-corrected chi connectivity index (χ4v) is 4.99. The Labute approximate surface area is 150 Å². The molecule has 2 aliphatic rings. The first-order chi connectivity index (χ1) is 10.7. The van der Waals surface area contributed by atoms with Crippen LogP contribution in [0.1, 0.15) is 56.0 Å². The fourth-order valence-electron chi connectivity index (χ4n) is 4.06. The van der Waals surface area contributed by atoms with Gasteiger partial charge in [-0.1, -0.05) is 13.8 Å². The van der Waals surface area contributed by atoms with Gasteiger partial charge in [-0.15, -0.1) is 23.7 Å². The SMILES string of the molecule is CCC1c2ccsc2CCN1C(=O)CC(C)C1CCCNC1.Cl. The summed E-state index contributed by atoms with van der Waals surface area (Å²) in [6, 6.07) is 2.53. The lowest BCUT2D eigenvalue weighted by molar-refractivity contribution is -0.135. The molecule has 1 amide bonds. The van der Waals surface area contributed by atoms with E-state index < -0.39 is 0 Å². The van der Waals surface area contributed by atoms with Crippen molar-refractivity contribution in [3.63, 3.8) is 0 Å². The zero-order chi connectivity index (χ0) is 15.5. The molecule has 0 radical (unpaired) electrons. The van der Waals surface area contributed by atoms with Gasteiger partial charge in [-0.25, -0.2) is 0 Å². The largest absolute Gasteiger partial charge is 0.335 e. The minimum atomic E-state index is 0. The smallest absolute Gasteiger partial charge is 0.223 e. The molecule has 0 bridgehead atoms. The van der Waals surface area contributed by atoms with Gasteiger partial charge in [0, 0.05) is 17.8 Å². The molecular formula is C18H29ClN2OS. The molecule has 1 N–H and O–H groups in total. The fraction of sp³-hybridized carbons (Fsp3) is 0.722. The summed E-state index contributed by atoms with van der Waals surface area (Å²) in [6.45, 7) is 7.59. The predicted octanol–water partition coefficient (Wildman–Crippen LogP) is 4.03. The van der Waals surface area contributed by atoms with E-state index in [4.69, 9.17) is 0 Å². The number of halogens is 1. The Bertz CT molecular complexity index is 513. The Morgan fingerprint density at radius 3 is 3.04 bits per heavy atom. The Balaban J connectivity index is 0.00000192. The van der Waals surface area contributed by atoms with E-state index >= 15 is 0 Å². The highest BCUT2D eigenvalue weighted by molar-refractivity contribution is 7.10.